The summed E-state index contributed by atoms with van der Waals surface area (Å²) in [6, 6.07) is 9.34. The second-order valence-electron chi connectivity index (χ2n) is 10.8. The number of aliphatic hydroxyl groups is 1. The monoisotopic (exact) mass is 557 g/mol. The zero-order chi connectivity index (χ0) is 27.5. The average molecular weight is 558 g/mol. The molecule has 3 aromatic rings. The Morgan fingerprint density at radius 1 is 1.00 bits per heavy atom. The van der Waals surface area contributed by atoms with Gasteiger partial charge >= 0.3 is 0 Å². The number of rotatable bonds is 8. The van der Waals surface area contributed by atoms with Gasteiger partial charge in [0, 0.05) is 38.3 Å². The molecule has 0 bridgehead atoms. The molecule has 10 nitrogen and oxygen atoms in total. The molecular weight excluding hydrogens is 520 g/mol. The quantitative estimate of drug-likeness (QED) is 0.432. The van der Waals surface area contributed by atoms with Gasteiger partial charge in [-0.1, -0.05) is 12.1 Å². The van der Waals surface area contributed by atoms with Crippen LogP contribution in [-0.4, -0.2) is 101 Å². The molecule has 3 aliphatic heterocycles. The molecule has 6 rings (SSSR count). The molecule has 12 heteroatoms. The van der Waals surface area contributed by atoms with Gasteiger partial charge in [0.2, 0.25) is 5.95 Å². The van der Waals surface area contributed by atoms with Gasteiger partial charge in [-0.25, -0.2) is 13.8 Å². The first-order chi connectivity index (χ1) is 19.6. The molecule has 216 valence electrons. The smallest absolute Gasteiger partial charge is 0.296 e. The van der Waals surface area contributed by atoms with Crippen molar-refractivity contribution in [1.29, 1.82) is 0 Å². The van der Waals surface area contributed by atoms with Gasteiger partial charge in [-0.15, -0.1) is 0 Å². The Labute approximate surface area is 232 Å². The predicted octanol–water partition coefficient (Wildman–Crippen LogP) is 3.25. The molecule has 2 unspecified atom stereocenters. The molecule has 3 fully saturated rings. The molecule has 0 radical (unpaired) electrons. The van der Waals surface area contributed by atoms with Gasteiger partial charge in [-0.05, 0) is 56.8 Å². The minimum absolute atomic E-state index is 0.0519. The van der Waals surface area contributed by atoms with Crippen molar-refractivity contribution in [3.05, 3.63) is 36.2 Å². The summed E-state index contributed by atoms with van der Waals surface area (Å²) in [5.74, 6) is 1.62. The lowest BCUT2D eigenvalue weighted by Gasteiger charge is -2.41. The van der Waals surface area contributed by atoms with Gasteiger partial charge in [0.15, 0.2) is 5.82 Å². The van der Waals surface area contributed by atoms with Crippen LogP contribution < -0.4 is 10.2 Å². The number of likely N-dealkylation sites (tertiary alicyclic amines) is 1. The topological polar surface area (TPSA) is 101 Å². The number of piperidine rings is 1. The number of anilines is 2. The third kappa shape index (κ3) is 5.90. The number of imidazole rings is 1. The number of morpholine rings is 1. The van der Waals surface area contributed by atoms with E-state index in [1.54, 1.807) is 24.3 Å². The van der Waals surface area contributed by atoms with Gasteiger partial charge in [0.1, 0.15) is 11.6 Å². The second-order valence-corrected chi connectivity index (χ2v) is 10.8. The standard InChI is InChI=1S/C28H37F2N7O3/c29-26(30)27-32-22-3-1-2-4-23(22)37(27)25-16-24(33-28(34-25)36-10-13-39-14-11-36)31-17-19-5-8-35(9-6-19)20-7-12-40-21(15-20)18-38/h1-4,16,19-21,26,38H,5-15,17-18H2,(H,31,33,34). The molecule has 2 N–H and O–H groups in total. The minimum atomic E-state index is -2.75. The number of alkyl halides is 2. The number of halogens is 2. The van der Waals surface area contributed by atoms with Crippen molar-refractivity contribution in [2.75, 3.05) is 69.4 Å². The molecule has 0 aliphatic carbocycles. The van der Waals surface area contributed by atoms with Crippen molar-refractivity contribution >= 4 is 22.8 Å². The normalized spacial score (nSPS) is 23.2. The van der Waals surface area contributed by atoms with Gasteiger partial charge < -0.3 is 29.7 Å². The van der Waals surface area contributed by atoms with Crippen LogP contribution >= 0.6 is 0 Å². The number of benzene rings is 1. The number of nitrogens with one attached hydrogen (secondary N) is 1. The maximum Gasteiger partial charge on any atom is 0.296 e. The fraction of sp³-hybridized carbons (Fsp3) is 0.607. The summed E-state index contributed by atoms with van der Waals surface area (Å²) in [6.07, 6.45) is 1.21. The van der Waals surface area contributed by atoms with Crippen LogP contribution in [0.15, 0.2) is 30.3 Å². The van der Waals surface area contributed by atoms with E-state index < -0.39 is 6.43 Å². The predicted molar refractivity (Wildman–Crippen MR) is 147 cm³/mol. The number of aliphatic hydroxyl groups excluding tert-OH is 1. The largest absolute Gasteiger partial charge is 0.394 e. The van der Waals surface area contributed by atoms with Crippen LogP contribution in [-0.2, 0) is 9.47 Å². The summed E-state index contributed by atoms with van der Waals surface area (Å²) >= 11 is 0. The molecule has 3 saturated heterocycles. The van der Waals surface area contributed by atoms with Crippen LogP contribution in [0.1, 0.15) is 37.9 Å². The average Bonchev–Trinajstić information content (AvgIpc) is 3.41. The van der Waals surface area contributed by atoms with Crippen LogP contribution in [0.5, 0.6) is 0 Å². The molecule has 0 amide bonds. The zero-order valence-electron chi connectivity index (χ0n) is 22.6. The number of hydrogen-bond donors (Lipinski definition) is 2. The molecule has 2 atom stereocenters. The first-order valence-corrected chi connectivity index (χ1v) is 14.3. The highest BCUT2D eigenvalue weighted by atomic mass is 19.3. The van der Waals surface area contributed by atoms with Crippen molar-refractivity contribution in [3.63, 3.8) is 0 Å². The van der Waals surface area contributed by atoms with Crippen molar-refractivity contribution in [1.82, 2.24) is 24.4 Å². The number of hydrogen-bond acceptors (Lipinski definition) is 9. The van der Waals surface area contributed by atoms with Gasteiger partial charge in [-0.2, -0.15) is 9.97 Å². The maximum atomic E-state index is 14.1. The molecule has 0 saturated carbocycles. The minimum Gasteiger partial charge on any atom is -0.394 e. The highest BCUT2D eigenvalue weighted by Crippen LogP contribution is 2.30. The lowest BCUT2D eigenvalue weighted by Crippen LogP contribution is -2.47. The molecular formula is C28H37F2N7O3. The SMILES string of the molecule is OCC1CC(N2CCC(CNc3cc(-n4c(C(F)F)nc5ccccc54)nc(N4CCOCC4)n3)CC2)CCO1. The Balaban J connectivity index is 1.20. The fourth-order valence-electron chi connectivity index (χ4n) is 6.05. The van der Waals surface area contributed by atoms with E-state index in [9.17, 15) is 13.9 Å². The van der Waals surface area contributed by atoms with Crippen LogP contribution in [0.3, 0.4) is 0 Å². The number of para-hydroxylation sites is 2. The molecule has 3 aliphatic rings. The molecule has 0 spiro atoms. The van der Waals surface area contributed by atoms with Gasteiger partial charge in [0.25, 0.3) is 6.43 Å². The Bertz CT molecular complexity index is 1280. The van der Waals surface area contributed by atoms with Gasteiger partial charge in [-0.3, -0.25) is 4.57 Å². The van der Waals surface area contributed by atoms with Crippen molar-refractivity contribution in [2.45, 2.75) is 44.3 Å². The van der Waals surface area contributed by atoms with Crippen molar-refractivity contribution in [2.24, 2.45) is 5.92 Å². The molecule has 40 heavy (non-hydrogen) atoms. The number of nitrogens with zero attached hydrogens (tertiary/aromatic N) is 6. The summed E-state index contributed by atoms with van der Waals surface area (Å²) in [4.78, 5) is 18.3. The van der Waals surface area contributed by atoms with E-state index in [1.165, 1.54) is 4.57 Å². The lowest BCUT2D eigenvalue weighted by molar-refractivity contribution is -0.0551. The van der Waals surface area contributed by atoms with E-state index in [4.69, 9.17) is 19.4 Å². The summed E-state index contributed by atoms with van der Waals surface area (Å²) < 4.78 is 40.8. The first kappa shape index (κ1) is 27.3. The number of aromatic nitrogens is 4. The fourth-order valence-corrected chi connectivity index (χ4v) is 6.05. The van der Waals surface area contributed by atoms with Crippen molar-refractivity contribution in [3.8, 4) is 5.82 Å². The Hall–Kier alpha value is -2.93. The molecule has 2 aromatic heterocycles. The summed E-state index contributed by atoms with van der Waals surface area (Å²) in [5, 5.41) is 13.0. The Morgan fingerprint density at radius 2 is 1.80 bits per heavy atom. The van der Waals surface area contributed by atoms with E-state index in [2.05, 4.69) is 15.2 Å². The van der Waals surface area contributed by atoms with Gasteiger partial charge in [0.05, 0.1) is 37.0 Å². The van der Waals surface area contributed by atoms with E-state index >= 15 is 0 Å². The van der Waals surface area contributed by atoms with Crippen LogP contribution in [0.2, 0.25) is 0 Å². The van der Waals surface area contributed by atoms with E-state index in [0.29, 0.717) is 73.5 Å². The van der Waals surface area contributed by atoms with E-state index in [1.807, 2.05) is 11.0 Å². The van der Waals surface area contributed by atoms with E-state index in [-0.39, 0.29) is 18.5 Å². The van der Waals surface area contributed by atoms with Crippen LogP contribution in [0, 0.1) is 5.92 Å². The first-order valence-electron chi connectivity index (χ1n) is 14.3. The summed E-state index contributed by atoms with van der Waals surface area (Å²) in [6.45, 7) is 5.97. The summed E-state index contributed by atoms with van der Waals surface area (Å²) in [5.41, 5.74) is 1.08. The van der Waals surface area contributed by atoms with Crippen LogP contribution in [0.4, 0.5) is 20.5 Å². The van der Waals surface area contributed by atoms with E-state index in [0.717, 1.165) is 45.3 Å². The highest BCUT2D eigenvalue weighted by Gasteiger charge is 2.30. The second kappa shape index (κ2) is 12.3. The number of fused-ring (bicyclic) bond motifs is 1. The summed E-state index contributed by atoms with van der Waals surface area (Å²) in [7, 11) is 0. The number of ether oxygens (including phenoxy) is 2. The molecule has 5 heterocycles. The Morgan fingerprint density at radius 3 is 2.58 bits per heavy atom. The Kier molecular flexibility index (Phi) is 8.38. The lowest BCUT2D eigenvalue weighted by atomic mass is 9.93. The third-order valence-electron chi connectivity index (χ3n) is 8.29. The molecule has 1 aromatic carbocycles. The third-order valence-corrected chi connectivity index (χ3v) is 8.29. The maximum absolute atomic E-state index is 14.1. The van der Waals surface area contributed by atoms with Crippen LogP contribution in [0.25, 0.3) is 16.9 Å². The highest BCUT2D eigenvalue weighted by molar-refractivity contribution is 5.78. The zero-order valence-corrected chi connectivity index (χ0v) is 22.6. The van der Waals surface area contributed by atoms with Crippen molar-refractivity contribution < 1.29 is 23.4 Å².